The van der Waals surface area contributed by atoms with Crippen LogP contribution < -0.4 is 15.4 Å². The van der Waals surface area contributed by atoms with E-state index >= 15 is 0 Å². The number of aliphatic imine (C=N–C) groups is 1. The molecule has 0 bridgehead atoms. The van der Waals surface area contributed by atoms with Crippen LogP contribution in [0.5, 0.6) is 5.75 Å². The number of halogens is 2. The van der Waals surface area contributed by atoms with Crippen molar-refractivity contribution in [3.8, 4) is 5.75 Å². The van der Waals surface area contributed by atoms with Gasteiger partial charge in [-0.25, -0.2) is 13.6 Å². The number of likely N-dealkylation sites (tertiary alicyclic amines) is 1. The monoisotopic (exact) mass is 565 g/mol. The van der Waals surface area contributed by atoms with Crippen LogP contribution in [-0.2, 0) is 6.54 Å². The third-order valence-corrected chi connectivity index (χ3v) is 9.06. The first kappa shape index (κ1) is 29.0. The van der Waals surface area contributed by atoms with E-state index in [2.05, 4.69) is 9.89 Å². The van der Waals surface area contributed by atoms with Crippen LogP contribution in [-0.4, -0.2) is 73.8 Å². The molecular weight excluding hydrogens is 524 g/mol. The lowest BCUT2D eigenvalue weighted by atomic mass is 9.83. The molecule has 2 amide bonds. The molecule has 3 fully saturated rings. The van der Waals surface area contributed by atoms with Crippen LogP contribution in [0.3, 0.4) is 0 Å². The lowest BCUT2D eigenvalue weighted by Crippen LogP contribution is -2.54. The maximum absolute atomic E-state index is 14.1. The highest BCUT2D eigenvalue weighted by Crippen LogP contribution is 2.41. The molecule has 0 unspecified atom stereocenters. The third-order valence-electron chi connectivity index (χ3n) is 9.06. The number of ether oxygens (including phenoxy) is 1. The van der Waals surface area contributed by atoms with Crippen molar-refractivity contribution in [3.05, 3.63) is 65.9 Å². The molecule has 2 aliphatic heterocycles. The number of hydrogen-bond donors (Lipinski definition) is 1. The van der Waals surface area contributed by atoms with Gasteiger partial charge in [0.2, 0.25) is 5.92 Å². The number of nitrogens with two attached hydrogens (primary N) is 1. The largest absolute Gasteiger partial charge is 0.497 e. The van der Waals surface area contributed by atoms with Gasteiger partial charge in [-0.1, -0.05) is 24.3 Å². The number of nitrogens with zero attached hydrogens (tertiary/aromatic N) is 4. The second kappa shape index (κ2) is 12.2. The standard InChI is InChI=1S/C32H41F2N5O2/c1-36-20-27(19-35)26-6-8-28(9-7-26)38-23-31(39(30(38)40)22-25-4-3-5-29(18-25)41-2)14-16-37(17-15-31)21-24-10-12-32(33,34)13-11-24/h3-9,18-20,24H,10-17,21-23,35H2,1-2H3/b27-19+,36-20?. The summed E-state index contributed by atoms with van der Waals surface area (Å²) in [4.78, 5) is 24.5. The summed E-state index contributed by atoms with van der Waals surface area (Å²) in [6.45, 7) is 3.66. The summed E-state index contributed by atoms with van der Waals surface area (Å²) >= 11 is 0. The van der Waals surface area contributed by atoms with Crippen molar-refractivity contribution >= 4 is 23.5 Å². The Morgan fingerprint density at radius 1 is 1.10 bits per heavy atom. The zero-order valence-electron chi connectivity index (χ0n) is 24.1. The topological polar surface area (TPSA) is 74.4 Å². The average Bonchev–Trinajstić information content (AvgIpc) is 3.24. The molecule has 0 aromatic heterocycles. The number of carbonyl (C=O) groups is 1. The molecule has 0 radical (unpaired) electrons. The predicted octanol–water partition coefficient (Wildman–Crippen LogP) is 5.80. The molecule has 5 rings (SSSR count). The molecular formula is C32H41F2N5O2. The highest BCUT2D eigenvalue weighted by Gasteiger charge is 2.51. The van der Waals surface area contributed by atoms with Gasteiger partial charge in [0.15, 0.2) is 0 Å². The summed E-state index contributed by atoms with van der Waals surface area (Å²) in [5, 5.41) is 0. The molecule has 9 heteroatoms. The Morgan fingerprint density at radius 2 is 1.80 bits per heavy atom. The minimum absolute atomic E-state index is 0.000178. The van der Waals surface area contributed by atoms with E-state index in [1.54, 1.807) is 20.4 Å². The summed E-state index contributed by atoms with van der Waals surface area (Å²) in [6, 6.07) is 15.8. The number of methoxy groups -OCH3 is 1. The summed E-state index contributed by atoms with van der Waals surface area (Å²) in [5.41, 5.74) is 9.10. The van der Waals surface area contributed by atoms with Crippen LogP contribution in [0.15, 0.2) is 59.7 Å². The lowest BCUT2D eigenvalue weighted by Gasteiger charge is -2.45. The Morgan fingerprint density at radius 3 is 2.44 bits per heavy atom. The first-order chi connectivity index (χ1) is 19.8. The molecule has 2 saturated heterocycles. The van der Waals surface area contributed by atoms with E-state index in [1.807, 2.05) is 58.3 Å². The van der Waals surface area contributed by atoms with Gasteiger partial charge in [0.05, 0.1) is 19.2 Å². The summed E-state index contributed by atoms with van der Waals surface area (Å²) in [6.07, 6.45) is 6.10. The quantitative estimate of drug-likeness (QED) is 0.411. The first-order valence-electron chi connectivity index (χ1n) is 14.5. The predicted molar refractivity (Wildman–Crippen MR) is 160 cm³/mol. The lowest BCUT2D eigenvalue weighted by molar-refractivity contribution is -0.0505. The highest BCUT2D eigenvalue weighted by atomic mass is 19.3. The fraction of sp³-hybridized carbons (Fsp3) is 0.500. The summed E-state index contributed by atoms with van der Waals surface area (Å²) in [7, 11) is 3.35. The van der Waals surface area contributed by atoms with Gasteiger partial charge in [0.25, 0.3) is 0 Å². The molecule has 1 spiro atoms. The number of benzene rings is 2. The van der Waals surface area contributed by atoms with Crippen molar-refractivity contribution in [2.24, 2.45) is 16.6 Å². The number of piperidine rings is 1. The molecule has 1 saturated carbocycles. The van der Waals surface area contributed by atoms with E-state index in [0.717, 1.165) is 60.6 Å². The minimum Gasteiger partial charge on any atom is -0.497 e. The fourth-order valence-corrected chi connectivity index (χ4v) is 6.60. The number of carbonyl (C=O) groups excluding carboxylic acids is 1. The highest BCUT2D eigenvalue weighted by molar-refractivity contribution is 6.09. The molecule has 220 valence electrons. The van der Waals surface area contributed by atoms with E-state index < -0.39 is 5.92 Å². The Labute approximate surface area is 241 Å². The van der Waals surface area contributed by atoms with Crippen LogP contribution in [0.25, 0.3) is 5.57 Å². The van der Waals surface area contributed by atoms with E-state index in [4.69, 9.17) is 10.5 Å². The number of urea groups is 1. The summed E-state index contributed by atoms with van der Waals surface area (Å²) in [5.74, 6) is -1.41. The second-order valence-electron chi connectivity index (χ2n) is 11.7. The van der Waals surface area contributed by atoms with Gasteiger partial charge in [-0.05, 0) is 67.0 Å². The molecule has 0 atom stereocenters. The minimum atomic E-state index is -2.50. The molecule has 2 heterocycles. The maximum Gasteiger partial charge on any atom is 0.325 e. The third kappa shape index (κ3) is 6.40. The molecule has 7 nitrogen and oxygen atoms in total. The van der Waals surface area contributed by atoms with Crippen LogP contribution in [0.2, 0.25) is 0 Å². The zero-order valence-corrected chi connectivity index (χ0v) is 24.1. The number of alkyl halides is 2. The Balaban J connectivity index is 1.35. The normalized spacial score (nSPS) is 21.8. The van der Waals surface area contributed by atoms with Gasteiger partial charge in [-0.3, -0.25) is 9.89 Å². The van der Waals surface area contributed by atoms with Gasteiger partial charge in [-0.2, -0.15) is 0 Å². The fourth-order valence-electron chi connectivity index (χ4n) is 6.60. The van der Waals surface area contributed by atoms with Crippen molar-refractivity contribution in [3.63, 3.8) is 0 Å². The van der Waals surface area contributed by atoms with Gasteiger partial charge in [0.1, 0.15) is 5.75 Å². The Hall–Kier alpha value is -3.46. The van der Waals surface area contributed by atoms with E-state index in [1.165, 1.54) is 6.20 Å². The smallest absolute Gasteiger partial charge is 0.325 e. The van der Waals surface area contributed by atoms with Crippen LogP contribution in [0, 0.1) is 5.92 Å². The van der Waals surface area contributed by atoms with Gasteiger partial charge in [0, 0.05) is 69.7 Å². The average molecular weight is 566 g/mol. The molecule has 1 aliphatic carbocycles. The maximum atomic E-state index is 14.1. The van der Waals surface area contributed by atoms with Crippen molar-refractivity contribution in [1.29, 1.82) is 0 Å². The molecule has 3 aliphatic rings. The second-order valence-corrected chi connectivity index (χ2v) is 11.7. The van der Waals surface area contributed by atoms with Crippen molar-refractivity contribution in [2.75, 3.05) is 45.2 Å². The number of hydrogen-bond acceptors (Lipinski definition) is 5. The molecule has 2 N–H and O–H groups in total. The van der Waals surface area contributed by atoms with E-state index in [9.17, 15) is 13.6 Å². The SMILES string of the molecule is CN=C/C(=C\N)c1ccc(N2CC3(CCN(CC4CCC(F)(F)CC4)CC3)N(Cc3cccc(OC)c3)C2=O)cc1. The van der Waals surface area contributed by atoms with Crippen LogP contribution in [0.1, 0.15) is 49.7 Å². The molecule has 41 heavy (non-hydrogen) atoms. The van der Waals surface area contributed by atoms with Gasteiger partial charge >= 0.3 is 6.03 Å². The first-order valence-corrected chi connectivity index (χ1v) is 14.5. The van der Waals surface area contributed by atoms with Crippen molar-refractivity contribution in [1.82, 2.24) is 9.80 Å². The Kier molecular flexibility index (Phi) is 8.63. The number of anilines is 1. The van der Waals surface area contributed by atoms with Crippen LogP contribution in [0.4, 0.5) is 19.3 Å². The number of amides is 2. The number of allylic oxidation sites excluding steroid dienone is 1. The zero-order chi connectivity index (χ0) is 29.0. The number of rotatable bonds is 8. The van der Waals surface area contributed by atoms with Crippen molar-refractivity contribution < 1.29 is 18.3 Å². The molecule has 2 aromatic rings. The van der Waals surface area contributed by atoms with Crippen LogP contribution >= 0.6 is 0 Å². The van der Waals surface area contributed by atoms with E-state index in [-0.39, 0.29) is 24.4 Å². The molecule has 2 aromatic carbocycles. The summed E-state index contributed by atoms with van der Waals surface area (Å²) < 4.78 is 32.8. The van der Waals surface area contributed by atoms with E-state index in [0.29, 0.717) is 31.8 Å². The Bertz CT molecular complexity index is 1260. The van der Waals surface area contributed by atoms with Crippen molar-refractivity contribution in [2.45, 2.75) is 56.5 Å². The van der Waals surface area contributed by atoms with Gasteiger partial charge in [-0.15, -0.1) is 0 Å². The van der Waals surface area contributed by atoms with Gasteiger partial charge < -0.3 is 20.3 Å².